The SMILES string of the molecule is CC1CCCCC1NC(=O)c1ccc2c(=O)n3c(nc2c1)CCN(Cc1ccccc1)CC3. The number of nitrogens with one attached hydrogen (secondary N) is 1. The highest BCUT2D eigenvalue weighted by atomic mass is 16.1. The topological polar surface area (TPSA) is 67.2 Å². The third-order valence-corrected chi connectivity index (χ3v) is 7.27. The van der Waals surface area contributed by atoms with Crippen molar-refractivity contribution in [1.29, 1.82) is 0 Å². The summed E-state index contributed by atoms with van der Waals surface area (Å²) in [5, 5.41) is 3.79. The fourth-order valence-electron chi connectivity index (χ4n) is 5.22. The van der Waals surface area contributed by atoms with Gasteiger partial charge in [-0.3, -0.25) is 19.1 Å². The lowest BCUT2D eigenvalue weighted by atomic mass is 9.86. The van der Waals surface area contributed by atoms with E-state index in [-0.39, 0.29) is 17.5 Å². The highest BCUT2D eigenvalue weighted by Gasteiger charge is 2.24. The molecule has 2 unspecified atom stereocenters. The summed E-state index contributed by atoms with van der Waals surface area (Å²) in [5.74, 6) is 1.24. The molecule has 1 fully saturated rings. The molecule has 1 aliphatic carbocycles. The molecule has 1 aliphatic heterocycles. The molecule has 6 heteroatoms. The van der Waals surface area contributed by atoms with E-state index < -0.39 is 0 Å². The second-order valence-electron chi connectivity index (χ2n) is 9.57. The zero-order chi connectivity index (χ0) is 22.8. The Morgan fingerprint density at radius 3 is 2.70 bits per heavy atom. The molecule has 0 spiro atoms. The largest absolute Gasteiger partial charge is 0.349 e. The van der Waals surface area contributed by atoms with E-state index in [4.69, 9.17) is 4.98 Å². The fourth-order valence-corrected chi connectivity index (χ4v) is 5.22. The summed E-state index contributed by atoms with van der Waals surface area (Å²) < 4.78 is 1.82. The number of benzene rings is 2. The second kappa shape index (κ2) is 9.48. The first-order valence-electron chi connectivity index (χ1n) is 12.2. The molecule has 172 valence electrons. The molecular formula is C27H32N4O2. The molecule has 1 N–H and O–H groups in total. The van der Waals surface area contributed by atoms with Gasteiger partial charge in [-0.05, 0) is 42.5 Å². The number of rotatable bonds is 4. The van der Waals surface area contributed by atoms with Crippen molar-refractivity contribution in [3.63, 3.8) is 0 Å². The molecule has 2 atom stereocenters. The van der Waals surface area contributed by atoms with Gasteiger partial charge in [-0.2, -0.15) is 0 Å². The van der Waals surface area contributed by atoms with Crippen LogP contribution in [0.2, 0.25) is 0 Å². The van der Waals surface area contributed by atoms with E-state index in [0.29, 0.717) is 35.3 Å². The first kappa shape index (κ1) is 21.8. The van der Waals surface area contributed by atoms with E-state index in [9.17, 15) is 9.59 Å². The van der Waals surface area contributed by atoms with Crippen LogP contribution in [-0.2, 0) is 19.5 Å². The van der Waals surface area contributed by atoms with Gasteiger partial charge in [0.05, 0.1) is 10.9 Å². The first-order chi connectivity index (χ1) is 16.1. The van der Waals surface area contributed by atoms with Crippen LogP contribution in [0.25, 0.3) is 10.9 Å². The summed E-state index contributed by atoms with van der Waals surface area (Å²) >= 11 is 0. The van der Waals surface area contributed by atoms with Gasteiger partial charge >= 0.3 is 0 Å². The quantitative estimate of drug-likeness (QED) is 0.665. The van der Waals surface area contributed by atoms with Gasteiger partial charge in [0.25, 0.3) is 11.5 Å². The maximum absolute atomic E-state index is 13.2. The minimum atomic E-state index is -0.0680. The van der Waals surface area contributed by atoms with Gasteiger partial charge in [0, 0.05) is 44.2 Å². The van der Waals surface area contributed by atoms with Crippen molar-refractivity contribution in [2.75, 3.05) is 13.1 Å². The van der Waals surface area contributed by atoms with Crippen molar-refractivity contribution in [1.82, 2.24) is 19.8 Å². The molecule has 0 bridgehead atoms. The lowest BCUT2D eigenvalue weighted by molar-refractivity contribution is 0.0910. The highest BCUT2D eigenvalue weighted by Crippen LogP contribution is 2.24. The highest BCUT2D eigenvalue weighted by molar-refractivity contribution is 5.97. The molecule has 5 rings (SSSR count). The average molecular weight is 445 g/mol. The monoisotopic (exact) mass is 444 g/mol. The Balaban J connectivity index is 1.36. The summed E-state index contributed by atoms with van der Waals surface area (Å²) in [6.45, 7) is 5.38. The van der Waals surface area contributed by atoms with Crippen molar-refractivity contribution in [2.24, 2.45) is 5.92 Å². The molecule has 6 nitrogen and oxygen atoms in total. The molecule has 1 amide bonds. The van der Waals surface area contributed by atoms with E-state index in [1.165, 1.54) is 18.4 Å². The van der Waals surface area contributed by atoms with Crippen LogP contribution in [0.15, 0.2) is 53.3 Å². The van der Waals surface area contributed by atoms with Crippen LogP contribution in [0.3, 0.4) is 0 Å². The summed E-state index contributed by atoms with van der Waals surface area (Å²) in [5.41, 5.74) is 2.46. The third kappa shape index (κ3) is 4.71. The van der Waals surface area contributed by atoms with Gasteiger partial charge in [0.1, 0.15) is 5.82 Å². The Bertz CT molecular complexity index is 1200. The van der Waals surface area contributed by atoms with Crippen LogP contribution in [0, 0.1) is 5.92 Å². The molecule has 33 heavy (non-hydrogen) atoms. The third-order valence-electron chi connectivity index (χ3n) is 7.27. The Hall–Kier alpha value is -2.99. The van der Waals surface area contributed by atoms with Crippen LogP contribution in [0.5, 0.6) is 0 Å². The fraction of sp³-hybridized carbons (Fsp3) is 0.444. The number of hydrogen-bond donors (Lipinski definition) is 1. The smallest absolute Gasteiger partial charge is 0.261 e. The Kier molecular flexibility index (Phi) is 6.27. The predicted molar refractivity (Wildman–Crippen MR) is 130 cm³/mol. The molecule has 2 aliphatic rings. The standard InChI is InChI=1S/C27H32N4O2/c1-19-7-5-6-10-23(19)29-26(32)21-11-12-22-24(17-21)28-25-13-14-30(15-16-31(25)27(22)33)18-20-8-3-2-4-9-20/h2-4,8-9,11-12,17,19,23H,5-7,10,13-16,18H2,1H3,(H,29,32). The van der Waals surface area contributed by atoms with Crippen LogP contribution in [0.1, 0.15) is 54.4 Å². The van der Waals surface area contributed by atoms with Crippen LogP contribution >= 0.6 is 0 Å². The van der Waals surface area contributed by atoms with Crippen LogP contribution in [0.4, 0.5) is 0 Å². The average Bonchev–Trinajstić information content (AvgIpc) is 3.03. The molecular weight excluding hydrogens is 412 g/mol. The number of aromatic nitrogens is 2. The van der Waals surface area contributed by atoms with E-state index in [0.717, 1.165) is 38.3 Å². The molecule has 2 aromatic carbocycles. The number of fused-ring (bicyclic) bond motifs is 2. The Morgan fingerprint density at radius 1 is 1.06 bits per heavy atom. The van der Waals surface area contributed by atoms with Crippen molar-refractivity contribution < 1.29 is 4.79 Å². The minimum Gasteiger partial charge on any atom is -0.349 e. The molecule has 0 radical (unpaired) electrons. The zero-order valence-electron chi connectivity index (χ0n) is 19.3. The number of carbonyl (C=O) groups excluding carboxylic acids is 1. The van der Waals surface area contributed by atoms with Gasteiger partial charge in [-0.25, -0.2) is 4.98 Å². The van der Waals surface area contributed by atoms with Crippen LogP contribution < -0.4 is 10.9 Å². The number of nitrogens with zero attached hydrogens (tertiary/aromatic N) is 3. The summed E-state index contributed by atoms with van der Waals surface area (Å²) in [6, 6.07) is 16.0. The predicted octanol–water partition coefficient (Wildman–Crippen LogP) is 3.76. The Labute approximate surface area is 194 Å². The van der Waals surface area contributed by atoms with Gasteiger partial charge in [0.2, 0.25) is 0 Å². The van der Waals surface area contributed by atoms with E-state index in [1.807, 2.05) is 10.6 Å². The molecule has 1 aromatic heterocycles. The van der Waals surface area contributed by atoms with Gasteiger partial charge < -0.3 is 5.32 Å². The van der Waals surface area contributed by atoms with Gasteiger partial charge in [0.15, 0.2) is 0 Å². The maximum atomic E-state index is 13.2. The molecule has 2 heterocycles. The number of hydrogen-bond acceptors (Lipinski definition) is 4. The van der Waals surface area contributed by atoms with Crippen molar-refractivity contribution >= 4 is 16.8 Å². The number of carbonyl (C=O) groups is 1. The zero-order valence-corrected chi connectivity index (χ0v) is 19.3. The summed E-state index contributed by atoms with van der Waals surface area (Å²) in [4.78, 5) is 33.4. The second-order valence-corrected chi connectivity index (χ2v) is 9.57. The van der Waals surface area contributed by atoms with E-state index in [2.05, 4.69) is 41.4 Å². The maximum Gasteiger partial charge on any atom is 0.261 e. The van der Waals surface area contributed by atoms with Crippen molar-refractivity contribution in [3.05, 3.63) is 75.8 Å². The lowest BCUT2D eigenvalue weighted by Gasteiger charge is -2.29. The van der Waals surface area contributed by atoms with Gasteiger partial charge in [-0.1, -0.05) is 50.1 Å². The summed E-state index contributed by atoms with van der Waals surface area (Å²) in [7, 11) is 0. The molecule has 0 saturated heterocycles. The lowest BCUT2D eigenvalue weighted by Crippen LogP contribution is -2.41. The van der Waals surface area contributed by atoms with Gasteiger partial charge in [-0.15, -0.1) is 0 Å². The number of amides is 1. The molecule has 3 aromatic rings. The van der Waals surface area contributed by atoms with Crippen LogP contribution in [-0.4, -0.2) is 39.5 Å². The van der Waals surface area contributed by atoms with E-state index in [1.54, 1.807) is 18.2 Å². The van der Waals surface area contributed by atoms with Crippen molar-refractivity contribution in [2.45, 2.75) is 58.2 Å². The Morgan fingerprint density at radius 2 is 1.88 bits per heavy atom. The first-order valence-corrected chi connectivity index (χ1v) is 12.2. The summed E-state index contributed by atoms with van der Waals surface area (Å²) in [6.07, 6.45) is 5.32. The van der Waals surface area contributed by atoms with Crippen molar-refractivity contribution in [3.8, 4) is 0 Å². The minimum absolute atomic E-state index is 0.00979. The van der Waals surface area contributed by atoms with E-state index >= 15 is 0 Å². The molecule has 1 saturated carbocycles. The normalized spacial score (nSPS) is 21.4.